The summed E-state index contributed by atoms with van der Waals surface area (Å²) in [5.41, 5.74) is 2.17. The molecule has 0 amide bonds. The third-order valence-corrected chi connectivity index (χ3v) is 2.10. The summed E-state index contributed by atoms with van der Waals surface area (Å²) in [6.07, 6.45) is 5.53. The van der Waals surface area contributed by atoms with Gasteiger partial charge in [0.05, 0.1) is 24.1 Å². The van der Waals surface area contributed by atoms with Gasteiger partial charge in [-0.15, -0.1) is 12.4 Å². The van der Waals surface area contributed by atoms with E-state index in [1.807, 2.05) is 31.0 Å². The number of halogens is 1. The van der Waals surface area contributed by atoms with Gasteiger partial charge in [0.25, 0.3) is 0 Å². The van der Waals surface area contributed by atoms with Crippen molar-refractivity contribution in [2.45, 2.75) is 6.54 Å². The Hall–Kier alpha value is -1.49. The molecule has 6 heteroatoms. The van der Waals surface area contributed by atoms with E-state index in [4.69, 9.17) is 0 Å². The summed E-state index contributed by atoms with van der Waals surface area (Å²) in [7, 11) is 3.83. The van der Waals surface area contributed by atoms with Gasteiger partial charge in [-0.1, -0.05) is 0 Å². The molecule has 2 rings (SSSR count). The van der Waals surface area contributed by atoms with Gasteiger partial charge in [0.2, 0.25) is 0 Å². The Morgan fingerprint density at radius 1 is 1.33 bits per heavy atom. The standard InChI is InChI=1S/C9H13N5.ClH/c1-13-7-8(5-12-13)10-6-9-3-4-11-14(9)2;/h3-5,7,10H,6H2,1-2H3;1H. The van der Waals surface area contributed by atoms with Crippen molar-refractivity contribution in [2.75, 3.05) is 5.32 Å². The van der Waals surface area contributed by atoms with Gasteiger partial charge in [-0.25, -0.2) is 0 Å². The molecule has 15 heavy (non-hydrogen) atoms. The molecule has 0 saturated heterocycles. The molecule has 1 N–H and O–H groups in total. The summed E-state index contributed by atoms with van der Waals surface area (Å²) >= 11 is 0. The van der Waals surface area contributed by atoms with Crippen molar-refractivity contribution >= 4 is 18.1 Å². The largest absolute Gasteiger partial charge is 0.377 e. The van der Waals surface area contributed by atoms with E-state index >= 15 is 0 Å². The van der Waals surface area contributed by atoms with Gasteiger partial charge in [0, 0.05) is 26.5 Å². The van der Waals surface area contributed by atoms with Crippen LogP contribution in [0.15, 0.2) is 24.7 Å². The SMILES string of the molecule is Cl.Cn1cc(NCc2ccnn2C)cn1. The number of nitrogens with one attached hydrogen (secondary N) is 1. The molecule has 2 aromatic heterocycles. The highest BCUT2D eigenvalue weighted by Gasteiger charge is 1.99. The lowest BCUT2D eigenvalue weighted by molar-refractivity contribution is 0.720. The highest BCUT2D eigenvalue weighted by atomic mass is 35.5. The molecule has 5 nitrogen and oxygen atoms in total. The summed E-state index contributed by atoms with van der Waals surface area (Å²) < 4.78 is 3.62. The van der Waals surface area contributed by atoms with Crippen molar-refractivity contribution in [2.24, 2.45) is 14.1 Å². The molecule has 0 aliphatic rings. The van der Waals surface area contributed by atoms with Gasteiger partial charge in [-0.2, -0.15) is 10.2 Å². The fourth-order valence-corrected chi connectivity index (χ4v) is 1.28. The maximum atomic E-state index is 4.09. The summed E-state index contributed by atoms with van der Waals surface area (Å²) in [6, 6.07) is 1.99. The number of hydrogen-bond acceptors (Lipinski definition) is 3. The van der Waals surface area contributed by atoms with Crippen LogP contribution in [0.3, 0.4) is 0 Å². The summed E-state index contributed by atoms with van der Waals surface area (Å²) in [4.78, 5) is 0. The Morgan fingerprint density at radius 3 is 2.67 bits per heavy atom. The molecule has 0 radical (unpaired) electrons. The molecule has 0 saturated carbocycles. The van der Waals surface area contributed by atoms with E-state index in [-0.39, 0.29) is 12.4 Å². The molecule has 0 aromatic carbocycles. The summed E-state index contributed by atoms with van der Waals surface area (Å²) in [5, 5.41) is 11.4. The maximum Gasteiger partial charge on any atom is 0.0729 e. The molecule has 0 atom stereocenters. The van der Waals surface area contributed by atoms with Crippen LogP contribution in [0, 0.1) is 0 Å². The smallest absolute Gasteiger partial charge is 0.0729 e. The van der Waals surface area contributed by atoms with Gasteiger partial charge in [-0.05, 0) is 6.07 Å². The van der Waals surface area contributed by atoms with Crippen molar-refractivity contribution < 1.29 is 0 Å². The Morgan fingerprint density at radius 2 is 2.13 bits per heavy atom. The predicted molar refractivity (Wildman–Crippen MR) is 61.0 cm³/mol. The first-order chi connectivity index (χ1) is 6.75. The van der Waals surface area contributed by atoms with Gasteiger partial charge in [0.15, 0.2) is 0 Å². The van der Waals surface area contributed by atoms with E-state index in [9.17, 15) is 0 Å². The maximum absolute atomic E-state index is 4.09. The van der Waals surface area contributed by atoms with Gasteiger partial charge < -0.3 is 5.32 Å². The highest BCUT2D eigenvalue weighted by Crippen LogP contribution is 2.06. The van der Waals surface area contributed by atoms with Crippen LogP contribution in [-0.2, 0) is 20.6 Å². The second kappa shape index (κ2) is 4.84. The van der Waals surface area contributed by atoms with Crippen LogP contribution >= 0.6 is 12.4 Å². The van der Waals surface area contributed by atoms with Gasteiger partial charge >= 0.3 is 0 Å². The lowest BCUT2D eigenvalue weighted by Gasteiger charge is -2.03. The molecule has 0 aliphatic heterocycles. The third-order valence-electron chi connectivity index (χ3n) is 2.10. The first-order valence-electron chi connectivity index (χ1n) is 4.45. The van der Waals surface area contributed by atoms with Crippen molar-refractivity contribution in [3.05, 3.63) is 30.4 Å². The molecule has 2 aromatic rings. The highest BCUT2D eigenvalue weighted by molar-refractivity contribution is 5.85. The number of nitrogens with zero attached hydrogens (tertiary/aromatic N) is 4. The Labute approximate surface area is 94.5 Å². The molecule has 0 aliphatic carbocycles. The Kier molecular flexibility index (Phi) is 3.74. The third kappa shape index (κ3) is 2.73. The van der Waals surface area contributed by atoms with Crippen molar-refractivity contribution in [3.8, 4) is 0 Å². The van der Waals surface area contributed by atoms with Crippen LogP contribution in [0.4, 0.5) is 5.69 Å². The van der Waals surface area contributed by atoms with E-state index in [1.165, 1.54) is 0 Å². The minimum atomic E-state index is 0. The molecule has 0 unspecified atom stereocenters. The molecular formula is C9H14ClN5. The van der Waals surface area contributed by atoms with Crippen LogP contribution in [0.2, 0.25) is 0 Å². The van der Waals surface area contributed by atoms with E-state index in [0.29, 0.717) is 0 Å². The summed E-state index contributed by atoms with van der Waals surface area (Å²) in [5.74, 6) is 0. The second-order valence-corrected chi connectivity index (χ2v) is 3.20. The predicted octanol–water partition coefficient (Wildman–Crippen LogP) is 1.19. The lowest BCUT2D eigenvalue weighted by Crippen LogP contribution is -2.04. The molecule has 2 heterocycles. The van der Waals surface area contributed by atoms with Crippen LogP contribution in [-0.4, -0.2) is 19.6 Å². The van der Waals surface area contributed by atoms with Gasteiger partial charge in [0.1, 0.15) is 0 Å². The van der Waals surface area contributed by atoms with Gasteiger partial charge in [-0.3, -0.25) is 9.36 Å². The lowest BCUT2D eigenvalue weighted by atomic mass is 10.4. The fraction of sp³-hybridized carbons (Fsp3) is 0.333. The van der Waals surface area contributed by atoms with E-state index < -0.39 is 0 Å². The van der Waals surface area contributed by atoms with Crippen molar-refractivity contribution in [1.82, 2.24) is 19.6 Å². The normalized spacial score (nSPS) is 9.73. The van der Waals surface area contributed by atoms with Crippen LogP contribution in [0.5, 0.6) is 0 Å². The first kappa shape index (κ1) is 11.6. The minimum Gasteiger partial charge on any atom is -0.377 e. The molecule has 0 bridgehead atoms. The average molecular weight is 228 g/mol. The first-order valence-corrected chi connectivity index (χ1v) is 4.45. The molecular weight excluding hydrogens is 214 g/mol. The van der Waals surface area contributed by atoms with E-state index in [0.717, 1.165) is 17.9 Å². The minimum absolute atomic E-state index is 0. The molecule has 0 fully saturated rings. The number of anilines is 1. The van der Waals surface area contributed by atoms with E-state index in [1.54, 1.807) is 17.1 Å². The Balaban J connectivity index is 0.00000112. The van der Waals surface area contributed by atoms with Crippen LogP contribution in [0.1, 0.15) is 5.69 Å². The van der Waals surface area contributed by atoms with Crippen molar-refractivity contribution in [1.29, 1.82) is 0 Å². The average Bonchev–Trinajstić information content (AvgIpc) is 2.72. The summed E-state index contributed by atoms with van der Waals surface area (Å²) in [6.45, 7) is 0.766. The monoisotopic (exact) mass is 227 g/mol. The zero-order chi connectivity index (χ0) is 9.97. The zero-order valence-corrected chi connectivity index (χ0v) is 9.53. The zero-order valence-electron chi connectivity index (χ0n) is 8.71. The topological polar surface area (TPSA) is 47.7 Å². The molecule has 0 spiro atoms. The number of aryl methyl sites for hydroxylation is 2. The Bertz CT molecular complexity index is 420. The molecule has 82 valence electrons. The fourth-order valence-electron chi connectivity index (χ4n) is 1.28. The van der Waals surface area contributed by atoms with Crippen LogP contribution in [0.25, 0.3) is 0 Å². The second-order valence-electron chi connectivity index (χ2n) is 3.20. The number of aromatic nitrogens is 4. The quantitative estimate of drug-likeness (QED) is 0.857. The van der Waals surface area contributed by atoms with Crippen molar-refractivity contribution in [3.63, 3.8) is 0 Å². The van der Waals surface area contributed by atoms with E-state index in [2.05, 4.69) is 15.5 Å². The number of hydrogen-bond donors (Lipinski definition) is 1. The number of rotatable bonds is 3. The van der Waals surface area contributed by atoms with Crippen LogP contribution < -0.4 is 5.32 Å².